The third-order valence-electron chi connectivity index (χ3n) is 2.32. The van der Waals surface area contributed by atoms with Gasteiger partial charge in [-0.05, 0) is 38.5 Å². The molecule has 82 valence electrons. The summed E-state index contributed by atoms with van der Waals surface area (Å²) in [5, 5.41) is 0. The molecule has 0 amide bonds. The number of ether oxygens (including phenoxy) is 2. The first-order chi connectivity index (χ1) is 7.16. The van der Waals surface area contributed by atoms with Crippen molar-refractivity contribution in [3.05, 3.63) is 23.8 Å². The van der Waals surface area contributed by atoms with Gasteiger partial charge in [0.1, 0.15) is 11.5 Å². The molecular formula is C12H15IO2. The van der Waals surface area contributed by atoms with E-state index in [1.807, 2.05) is 26.0 Å². The predicted molar refractivity (Wildman–Crippen MR) is 69.1 cm³/mol. The fraction of sp³-hybridized carbons (Fsp3) is 0.500. The topological polar surface area (TPSA) is 18.5 Å². The van der Waals surface area contributed by atoms with Gasteiger partial charge >= 0.3 is 0 Å². The van der Waals surface area contributed by atoms with Gasteiger partial charge in [-0.2, -0.15) is 0 Å². The molecule has 1 aliphatic rings. The maximum Gasteiger partial charge on any atom is 0.123 e. The Hall–Kier alpha value is -0.450. The summed E-state index contributed by atoms with van der Waals surface area (Å²) in [4.78, 5) is 0. The summed E-state index contributed by atoms with van der Waals surface area (Å²) >= 11 is 2.46. The van der Waals surface area contributed by atoms with Crippen molar-refractivity contribution in [2.45, 2.75) is 30.3 Å². The van der Waals surface area contributed by atoms with Crippen LogP contribution in [-0.2, 0) is 0 Å². The van der Waals surface area contributed by atoms with Crippen molar-refractivity contribution < 1.29 is 9.47 Å². The molecule has 1 heterocycles. The highest BCUT2D eigenvalue weighted by Gasteiger charge is 2.19. The number of fused-ring (bicyclic) bond motifs is 1. The van der Waals surface area contributed by atoms with E-state index < -0.39 is 0 Å². The third kappa shape index (κ3) is 2.56. The van der Waals surface area contributed by atoms with Crippen LogP contribution in [0.25, 0.3) is 0 Å². The van der Waals surface area contributed by atoms with Crippen LogP contribution in [-0.4, -0.2) is 12.7 Å². The lowest BCUT2D eigenvalue weighted by atomic mass is 10.1. The number of hydrogen-bond donors (Lipinski definition) is 0. The Morgan fingerprint density at radius 2 is 2.27 bits per heavy atom. The van der Waals surface area contributed by atoms with E-state index in [4.69, 9.17) is 9.47 Å². The highest BCUT2D eigenvalue weighted by molar-refractivity contribution is 14.1. The van der Waals surface area contributed by atoms with Crippen LogP contribution < -0.4 is 9.47 Å². The maximum atomic E-state index is 5.67. The van der Waals surface area contributed by atoms with E-state index in [-0.39, 0.29) is 6.10 Å². The highest BCUT2D eigenvalue weighted by atomic mass is 127. The van der Waals surface area contributed by atoms with Crippen LogP contribution >= 0.6 is 22.6 Å². The molecule has 1 aromatic carbocycles. The third-order valence-corrected chi connectivity index (χ3v) is 3.61. The van der Waals surface area contributed by atoms with E-state index in [1.165, 1.54) is 5.56 Å². The fourth-order valence-corrected chi connectivity index (χ4v) is 2.42. The van der Waals surface area contributed by atoms with E-state index in [9.17, 15) is 0 Å². The second-order valence-corrected chi connectivity index (χ2v) is 5.47. The zero-order valence-corrected chi connectivity index (χ0v) is 11.2. The second kappa shape index (κ2) is 4.60. The zero-order chi connectivity index (χ0) is 10.8. The average molecular weight is 318 g/mol. The number of benzene rings is 1. The van der Waals surface area contributed by atoms with Crippen molar-refractivity contribution in [3.8, 4) is 11.5 Å². The average Bonchev–Trinajstić information content (AvgIpc) is 2.18. The molecule has 2 rings (SSSR count). The van der Waals surface area contributed by atoms with Crippen molar-refractivity contribution in [1.29, 1.82) is 0 Å². The van der Waals surface area contributed by atoms with Crippen LogP contribution in [0.5, 0.6) is 11.5 Å². The molecule has 1 aromatic rings. The minimum absolute atomic E-state index is 0.222. The Bertz CT molecular complexity index is 349. The van der Waals surface area contributed by atoms with Crippen molar-refractivity contribution in [1.82, 2.24) is 0 Å². The maximum absolute atomic E-state index is 5.67. The van der Waals surface area contributed by atoms with Crippen LogP contribution in [0.1, 0.15) is 29.8 Å². The minimum Gasteiger partial charge on any atom is -0.493 e. The van der Waals surface area contributed by atoms with Crippen LogP contribution in [0.2, 0.25) is 0 Å². The first-order valence-electron chi connectivity index (χ1n) is 5.24. The summed E-state index contributed by atoms with van der Waals surface area (Å²) in [7, 11) is 0. The first-order valence-corrected chi connectivity index (χ1v) is 6.49. The number of alkyl halides is 1. The summed E-state index contributed by atoms with van der Waals surface area (Å²) in [6, 6.07) is 6.09. The molecule has 1 unspecified atom stereocenters. The van der Waals surface area contributed by atoms with Gasteiger partial charge in [-0.15, -0.1) is 0 Å². The summed E-state index contributed by atoms with van der Waals surface area (Å²) in [6.07, 6.45) is 1.30. The van der Waals surface area contributed by atoms with Crippen molar-refractivity contribution in [2.75, 3.05) is 6.61 Å². The van der Waals surface area contributed by atoms with E-state index in [2.05, 4.69) is 28.7 Å². The van der Waals surface area contributed by atoms with E-state index in [0.29, 0.717) is 3.92 Å². The van der Waals surface area contributed by atoms with Crippen LogP contribution in [0.4, 0.5) is 0 Å². The number of halogens is 1. The highest BCUT2D eigenvalue weighted by Crippen LogP contribution is 2.39. The van der Waals surface area contributed by atoms with Crippen molar-refractivity contribution in [3.63, 3.8) is 0 Å². The lowest BCUT2D eigenvalue weighted by Crippen LogP contribution is -2.11. The molecule has 3 heteroatoms. The second-order valence-electron chi connectivity index (χ2n) is 3.97. The molecule has 0 N–H and O–H groups in total. The minimum atomic E-state index is 0.222. The molecule has 0 saturated carbocycles. The molecule has 0 bridgehead atoms. The predicted octanol–water partition coefficient (Wildman–Crippen LogP) is 3.73. The van der Waals surface area contributed by atoms with Gasteiger partial charge < -0.3 is 9.47 Å². The molecular weight excluding hydrogens is 303 g/mol. The number of hydrogen-bond acceptors (Lipinski definition) is 2. The molecule has 0 spiro atoms. The molecule has 0 aromatic heterocycles. The van der Waals surface area contributed by atoms with E-state index >= 15 is 0 Å². The normalized spacial score (nSPS) is 19.6. The standard InChI is InChI=1S/C12H15IO2/c1-8(2)15-9-3-4-12-10(7-9)11(13)5-6-14-12/h3-4,7-8,11H,5-6H2,1-2H3. The molecule has 0 radical (unpaired) electrons. The Morgan fingerprint density at radius 1 is 1.47 bits per heavy atom. The van der Waals surface area contributed by atoms with Gasteiger partial charge in [0.25, 0.3) is 0 Å². The lowest BCUT2D eigenvalue weighted by molar-refractivity contribution is 0.240. The SMILES string of the molecule is CC(C)Oc1ccc2c(c1)C(I)CCO2. The molecule has 0 fully saturated rings. The van der Waals surface area contributed by atoms with E-state index in [1.54, 1.807) is 0 Å². The van der Waals surface area contributed by atoms with Crippen molar-refractivity contribution in [2.24, 2.45) is 0 Å². The summed E-state index contributed by atoms with van der Waals surface area (Å²) in [5.41, 5.74) is 1.26. The molecule has 0 aliphatic carbocycles. The quantitative estimate of drug-likeness (QED) is 0.611. The van der Waals surface area contributed by atoms with Crippen molar-refractivity contribution >= 4 is 22.6 Å². The molecule has 2 nitrogen and oxygen atoms in total. The van der Waals surface area contributed by atoms with Gasteiger partial charge in [-0.1, -0.05) is 22.6 Å². The van der Waals surface area contributed by atoms with Gasteiger partial charge in [0.2, 0.25) is 0 Å². The molecule has 1 atom stereocenters. The lowest BCUT2D eigenvalue weighted by Gasteiger charge is -2.22. The molecule has 0 saturated heterocycles. The molecule has 1 aliphatic heterocycles. The Morgan fingerprint density at radius 3 is 3.00 bits per heavy atom. The van der Waals surface area contributed by atoms with Gasteiger partial charge in [0, 0.05) is 9.49 Å². The van der Waals surface area contributed by atoms with Gasteiger partial charge in [-0.3, -0.25) is 0 Å². The summed E-state index contributed by atoms with van der Waals surface area (Å²) < 4.78 is 11.8. The fourth-order valence-electron chi connectivity index (χ4n) is 1.68. The molecule has 15 heavy (non-hydrogen) atoms. The summed E-state index contributed by atoms with van der Waals surface area (Å²) in [5.74, 6) is 1.95. The van der Waals surface area contributed by atoms with Crippen LogP contribution in [0.3, 0.4) is 0 Å². The smallest absolute Gasteiger partial charge is 0.123 e. The first kappa shape index (κ1) is 11.0. The monoisotopic (exact) mass is 318 g/mol. The van der Waals surface area contributed by atoms with E-state index in [0.717, 1.165) is 24.5 Å². The zero-order valence-electron chi connectivity index (χ0n) is 9.00. The largest absolute Gasteiger partial charge is 0.493 e. The van der Waals surface area contributed by atoms with Gasteiger partial charge in [0.05, 0.1) is 12.7 Å². The van der Waals surface area contributed by atoms with Crippen LogP contribution in [0, 0.1) is 0 Å². The summed E-state index contributed by atoms with van der Waals surface area (Å²) in [6.45, 7) is 4.90. The number of rotatable bonds is 2. The van der Waals surface area contributed by atoms with Gasteiger partial charge in [0.15, 0.2) is 0 Å². The van der Waals surface area contributed by atoms with Crippen LogP contribution in [0.15, 0.2) is 18.2 Å². The van der Waals surface area contributed by atoms with Gasteiger partial charge in [-0.25, -0.2) is 0 Å². The Labute approximate surface area is 104 Å². The Kier molecular flexibility index (Phi) is 3.38. The Balaban J connectivity index is 2.27.